The molecule has 0 saturated carbocycles. The third kappa shape index (κ3) is 1.41. The number of hydrogen-bond donors (Lipinski definition) is 2. The van der Waals surface area contributed by atoms with Gasteiger partial charge in [0.1, 0.15) is 7.11 Å². The van der Waals surface area contributed by atoms with Crippen LogP contribution >= 0.6 is 0 Å². The molecule has 1 aromatic heterocycles. The van der Waals surface area contributed by atoms with Crippen molar-refractivity contribution in [2.75, 3.05) is 5.32 Å². The third-order valence-corrected chi connectivity index (χ3v) is 0.697. The molecule has 0 atom stereocenters. The van der Waals surface area contributed by atoms with Crippen LogP contribution < -0.4 is 5.32 Å². The molecule has 1 heterocycles. The highest BCUT2D eigenvalue weighted by Gasteiger charge is 2.01. The normalized spacial score (nSPS) is 8.90. The van der Waals surface area contributed by atoms with Gasteiger partial charge in [0, 0.05) is 0 Å². The summed E-state index contributed by atoms with van der Waals surface area (Å²) in [6.07, 6.45) is -0.724. The summed E-state index contributed by atoms with van der Waals surface area (Å²) in [5.41, 5.74) is 0. The number of anilines is 1. The molecule has 0 saturated heterocycles. The zero-order valence-corrected chi connectivity index (χ0v) is 4.87. The van der Waals surface area contributed by atoms with E-state index in [1.54, 1.807) is 0 Å². The summed E-state index contributed by atoms with van der Waals surface area (Å²) in [5, 5.41) is 14.2. The van der Waals surface area contributed by atoms with Gasteiger partial charge < -0.3 is 4.74 Å². The Morgan fingerprint density at radius 3 is 3.10 bits per heavy atom. The second-order valence-corrected chi connectivity index (χ2v) is 1.31. The van der Waals surface area contributed by atoms with Crippen LogP contribution in [0.2, 0.25) is 0 Å². The maximum absolute atomic E-state index is 10.4. The fourth-order valence-corrected chi connectivity index (χ4v) is 0.345. The minimum absolute atomic E-state index is 0.119. The fourth-order valence-electron chi connectivity index (χ4n) is 0.345. The number of H-pyrrole nitrogens is 1. The Morgan fingerprint density at radius 1 is 1.80 bits per heavy atom. The number of aromatic amines is 1. The van der Waals surface area contributed by atoms with Crippen molar-refractivity contribution in [2.24, 2.45) is 0 Å². The molecule has 53 valence electrons. The van der Waals surface area contributed by atoms with Gasteiger partial charge in [0.25, 0.3) is 0 Å². The van der Waals surface area contributed by atoms with Gasteiger partial charge in [0.05, 0.1) is 0 Å². The Labute approximate surface area is 55.8 Å². The lowest BCUT2D eigenvalue weighted by Crippen LogP contribution is -2.11. The van der Waals surface area contributed by atoms with Crippen LogP contribution in [0, 0.1) is 7.11 Å². The highest BCUT2D eigenvalue weighted by molar-refractivity contribution is 5.81. The molecule has 0 aliphatic heterocycles. The van der Waals surface area contributed by atoms with Gasteiger partial charge in [-0.3, -0.25) is 5.32 Å². The van der Waals surface area contributed by atoms with Crippen molar-refractivity contribution in [1.29, 1.82) is 0 Å². The number of carbonyl (C=O) groups excluding carboxylic acids is 1. The summed E-state index contributed by atoms with van der Waals surface area (Å²) in [4.78, 5) is 10.4. The molecule has 7 heteroatoms. The van der Waals surface area contributed by atoms with E-state index < -0.39 is 6.09 Å². The highest BCUT2D eigenvalue weighted by atomic mass is 16.5. The van der Waals surface area contributed by atoms with E-state index >= 15 is 0 Å². The fraction of sp³-hybridized carbons (Fsp3) is 0. The predicted octanol–water partition coefficient (Wildman–Crippen LogP) is -0.460. The van der Waals surface area contributed by atoms with Crippen molar-refractivity contribution in [1.82, 2.24) is 20.6 Å². The minimum Gasteiger partial charge on any atom is -0.446 e. The molecule has 0 aromatic carbocycles. The Balaban J connectivity index is 2.48. The second-order valence-electron chi connectivity index (χ2n) is 1.31. The van der Waals surface area contributed by atoms with Gasteiger partial charge in [-0.05, 0) is 10.4 Å². The lowest BCUT2D eigenvalue weighted by molar-refractivity contribution is 0.199. The van der Waals surface area contributed by atoms with Gasteiger partial charge in [0.2, 0.25) is 5.95 Å². The quantitative estimate of drug-likeness (QED) is 0.553. The summed E-state index contributed by atoms with van der Waals surface area (Å²) >= 11 is 0. The van der Waals surface area contributed by atoms with Crippen molar-refractivity contribution >= 4 is 12.0 Å². The zero-order valence-electron chi connectivity index (χ0n) is 4.87. The topological polar surface area (TPSA) is 92.8 Å². The van der Waals surface area contributed by atoms with Gasteiger partial charge in [-0.25, -0.2) is 9.89 Å². The largest absolute Gasteiger partial charge is 0.446 e. The SMILES string of the molecule is [CH2]OC(=O)Nc1nnn[nH]1. The van der Waals surface area contributed by atoms with Crippen LogP contribution in [0.25, 0.3) is 0 Å². The Kier molecular flexibility index (Phi) is 1.78. The smallest absolute Gasteiger partial charge is 0.414 e. The van der Waals surface area contributed by atoms with Gasteiger partial charge in [-0.1, -0.05) is 5.10 Å². The number of rotatable bonds is 1. The third-order valence-electron chi connectivity index (χ3n) is 0.697. The Hall–Kier alpha value is -1.66. The van der Waals surface area contributed by atoms with Crippen LogP contribution in [0.3, 0.4) is 0 Å². The van der Waals surface area contributed by atoms with E-state index in [0.29, 0.717) is 0 Å². The number of aromatic nitrogens is 4. The molecule has 7 nitrogen and oxygen atoms in total. The van der Waals surface area contributed by atoms with Crippen LogP contribution in [0.15, 0.2) is 0 Å². The van der Waals surface area contributed by atoms with Crippen LogP contribution in [0.4, 0.5) is 10.7 Å². The Bertz CT molecular complexity index is 207. The average Bonchev–Trinajstić information content (AvgIpc) is 2.40. The second kappa shape index (κ2) is 2.76. The lowest BCUT2D eigenvalue weighted by atomic mass is 11.0. The van der Waals surface area contributed by atoms with E-state index in [9.17, 15) is 4.79 Å². The molecule has 1 radical (unpaired) electrons. The molecule has 0 bridgehead atoms. The molecule has 2 N–H and O–H groups in total. The number of amides is 1. The molecular weight excluding hydrogens is 138 g/mol. The molecule has 0 aliphatic rings. The summed E-state index contributed by atoms with van der Waals surface area (Å²) in [7, 11) is 2.87. The first-order valence-electron chi connectivity index (χ1n) is 2.29. The number of carbonyl (C=O) groups is 1. The monoisotopic (exact) mass is 142 g/mol. The molecular formula is C3H4N5O2. The van der Waals surface area contributed by atoms with E-state index in [1.165, 1.54) is 0 Å². The van der Waals surface area contributed by atoms with Crippen molar-refractivity contribution in [3.8, 4) is 0 Å². The first kappa shape index (κ1) is 6.46. The van der Waals surface area contributed by atoms with Crippen LogP contribution in [0.5, 0.6) is 0 Å². The maximum Gasteiger partial charge on any atom is 0.414 e. The molecule has 1 amide bonds. The number of nitrogens with zero attached hydrogens (tertiary/aromatic N) is 3. The Morgan fingerprint density at radius 2 is 2.60 bits per heavy atom. The maximum atomic E-state index is 10.4. The summed E-state index contributed by atoms with van der Waals surface area (Å²) in [6.45, 7) is 0. The summed E-state index contributed by atoms with van der Waals surface area (Å²) < 4.78 is 4.01. The van der Waals surface area contributed by atoms with Crippen molar-refractivity contribution in [2.45, 2.75) is 0 Å². The van der Waals surface area contributed by atoms with E-state index in [1.807, 2.05) is 0 Å². The first-order valence-corrected chi connectivity index (χ1v) is 2.29. The number of nitrogens with one attached hydrogen (secondary N) is 2. The zero-order chi connectivity index (χ0) is 7.40. The van der Waals surface area contributed by atoms with Crippen molar-refractivity contribution in [3.63, 3.8) is 0 Å². The molecule has 0 unspecified atom stereocenters. The predicted molar refractivity (Wildman–Crippen MR) is 29.6 cm³/mol. The lowest BCUT2D eigenvalue weighted by Gasteiger charge is -1.94. The number of tetrazole rings is 1. The first-order chi connectivity index (χ1) is 4.83. The molecule has 1 aromatic rings. The highest BCUT2D eigenvalue weighted by Crippen LogP contribution is 1.90. The molecule has 1 rings (SSSR count). The molecule has 0 spiro atoms. The van der Waals surface area contributed by atoms with Gasteiger partial charge in [0.15, 0.2) is 0 Å². The van der Waals surface area contributed by atoms with E-state index in [-0.39, 0.29) is 5.95 Å². The standard InChI is InChI=1S/C3H4N5O2/c1-10-3(9)4-2-5-7-8-6-2/h1H2,(H2,4,5,6,7,8,9). The molecule has 0 aliphatic carbocycles. The summed E-state index contributed by atoms with van der Waals surface area (Å²) in [6, 6.07) is 0. The number of hydrogen-bond acceptors (Lipinski definition) is 5. The summed E-state index contributed by atoms with van der Waals surface area (Å²) in [5.74, 6) is 0.119. The van der Waals surface area contributed by atoms with E-state index in [4.69, 9.17) is 0 Å². The van der Waals surface area contributed by atoms with Crippen molar-refractivity contribution < 1.29 is 9.53 Å². The van der Waals surface area contributed by atoms with Gasteiger partial charge in [-0.2, -0.15) is 0 Å². The molecule has 10 heavy (non-hydrogen) atoms. The van der Waals surface area contributed by atoms with Crippen LogP contribution in [0.1, 0.15) is 0 Å². The number of ether oxygens (including phenoxy) is 1. The average molecular weight is 142 g/mol. The van der Waals surface area contributed by atoms with E-state index in [2.05, 4.69) is 37.8 Å². The van der Waals surface area contributed by atoms with Crippen LogP contribution in [-0.2, 0) is 4.74 Å². The molecule has 0 fully saturated rings. The van der Waals surface area contributed by atoms with Crippen molar-refractivity contribution in [3.05, 3.63) is 7.11 Å². The van der Waals surface area contributed by atoms with Gasteiger partial charge >= 0.3 is 6.09 Å². The van der Waals surface area contributed by atoms with Crippen LogP contribution in [-0.4, -0.2) is 26.7 Å². The van der Waals surface area contributed by atoms with E-state index in [0.717, 1.165) is 0 Å². The van der Waals surface area contributed by atoms with Gasteiger partial charge in [-0.15, -0.1) is 0 Å². The minimum atomic E-state index is -0.724.